The number of carbonyl (C=O) groups excluding carboxylic acids is 1. The highest BCUT2D eigenvalue weighted by Gasteiger charge is 2.30. The van der Waals surface area contributed by atoms with Gasteiger partial charge in [-0.1, -0.05) is 19.8 Å². The minimum Gasteiger partial charge on any atom is -0.334 e. The van der Waals surface area contributed by atoms with E-state index < -0.39 is 10.8 Å². The Labute approximate surface area is 113 Å². The lowest BCUT2D eigenvalue weighted by Gasteiger charge is -2.32. The van der Waals surface area contributed by atoms with Crippen molar-refractivity contribution in [2.45, 2.75) is 70.2 Å². The van der Waals surface area contributed by atoms with E-state index in [0.717, 1.165) is 25.7 Å². The monoisotopic (exact) mass is 274 g/mol. The Bertz CT molecular complexity index is 313. The van der Waals surface area contributed by atoms with Crippen LogP contribution in [0.5, 0.6) is 0 Å². The van der Waals surface area contributed by atoms with E-state index >= 15 is 0 Å². The van der Waals surface area contributed by atoms with Gasteiger partial charge in [0, 0.05) is 28.1 Å². The first kappa shape index (κ1) is 15.5. The molecule has 0 aliphatic heterocycles. The summed E-state index contributed by atoms with van der Waals surface area (Å²) in [5.41, 5.74) is -0.238. The van der Waals surface area contributed by atoms with Crippen molar-refractivity contribution in [2.75, 3.05) is 5.75 Å². The van der Waals surface area contributed by atoms with E-state index in [9.17, 15) is 9.00 Å². The molecule has 0 saturated heterocycles. The minimum atomic E-state index is -0.826. The molecule has 2 amide bonds. The molecule has 18 heavy (non-hydrogen) atoms. The van der Waals surface area contributed by atoms with E-state index in [4.69, 9.17) is 0 Å². The molecule has 1 fully saturated rings. The quantitative estimate of drug-likeness (QED) is 0.828. The molecule has 0 radical (unpaired) electrons. The van der Waals surface area contributed by atoms with Crippen LogP contribution in [-0.2, 0) is 10.8 Å². The third kappa shape index (κ3) is 4.96. The Kier molecular flexibility index (Phi) is 5.63. The average molecular weight is 274 g/mol. The van der Waals surface area contributed by atoms with E-state index in [1.807, 2.05) is 27.7 Å². The maximum Gasteiger partial charge on any atom is 0.315 e. The fraction of sp³-hybridized carbons (Fsp3) is 0.923. The second-order valence-electron chi connectivity index (χ2n) is 5.95. The third-order valence-electron chi connectivity index (χ3n) is 3.13. The first-order valence-corrected chi connectivity index (χ1v) is 8.17. The summed E-state index contributed by atoms with van der Waals surface area (Å²) in [6.07, 6.45) is 4.13. The van der Waals surface area contributed by atoms with E-state index in [2.05, 4.69) is 10.6 Å². The van der Waals surface area contributed by atoms with Gasteiger partial charge in [-0.15, -0.1) is 0 Å². The summed E-state index contributed by atoms with van der Waals surface area (Å²) in [5.74, 6) is 0.670. The summed E-state index contributed by atoms with van der Waals surface area (Å²) < 4.78 is 12.0. The number of urea groups is 1. The summed E-state index contributed by atoms with van der Waals surface area (Å²) in [4.78, 5) is 11.9. The van der Waals surface area contributed by atoms with Gasteiger partial charge >= 0.3 is 6.03 Å². The first-order valence-electron chi connectivity index (χ1n) is 6.79. The van der Waals surface area contributed by atoms with Crippen molar-refractivity contribution in [3.05, 3.63) is 0 Å². The highest BCUT2D eigenvalue weighted by Crippen LogP contribution is 2.23. The van der Waals surface area contributed by atoms with Gasteiger partial charge in [0.25, 0.3) is 0 Å². The van der Waals surface area contributed by atoms with Crippen LogP contribution in [-0.4, -0.2) is 32.8 Å². The van der Waals surface area contributed by atoms with Gasteiger partial charge < -0.3 is 10.6 Å². The molecule has 2 N–H and O–H groups in total. The van der Waals surface area contributed by atoms with Crippen LogP contribution in [0.15, 0.2) is 0 Å². The zero-order valence-corrected chi connectivity index (χ0v) is 12.7. The Morgan fingerprint density at radius 2 is 1.89 bits per heavy atom. The van der Waals surface area contributed by atoms with Gasteiger partial charge in [-0.05, 0) is 33.6 Å². The van der Waals surface area contributed by atoms with Gasteiger partial charge in [-0.25, -0.2) is 4.79 Å². The van der Waals surface area contributed by atoms with Crippen molar-refractivity contribution in [3.63, 3.8) is 0 Å². The second kappa shape index (κ2) is 6.55. The van der Waals surface area contributed by atoms with Crippen molar-refractivity contribution in [2.24, 2.45) is 0 Å². The van der Waals surface area contributed by atoms with Crippen molar-refractivity contribution in [3.8, 4) is 0 Å². The number of amides is 2. The standard InChI is InChI=1S/C13H26N2O2S/c1-5-18(17)11-9-7-6-8-10(11)14-12(16)15-13(2,3)4/h10-11H,5-9H2,1-4H3,(H2,14,15,16). The topological polar surface area (TPSA) is 58.2 Å². The summed E-state index contributed by atoms with van der Waals surface area (Å²) in [6, 6.07) is -0.0885. The molecule has 0 aromatic carbocycles. The Hall–Kier alpha value is -0.580. The van der Waals surface area contributed by atoms with Crippen LogP contribution >= 0.6 is 0 Å². The molecule has 3 atom stereocenters. The molecule has 3 unspecified atom stereocenters. The van der Waals surface area contributed by atoms with E-state index in [1.165, 1.54) is 0 Å². The van der Waals surface area contributed by atoms with Crippen LogP contribution < -0.4 is 10.6 Å². The van der Waals surface area contributed by atoms with Gasteiger partial charge in [0.2, 0.25) is 0 Å². The largest absolute Gasteiger partial charge is 0.334 e. The normalized spacial score (nSPS) is 26.4. The van der Waals surface area contributed by atoms with Crippen LogP contribution in [0.4, 0.5) is 4.79 Å². The molecule has 0 spiro atoms. The van der Waals surface area contributed by atoms with Gasteiger partial charge in [0.05, 0.1) is 5.25 Å². The molecular weight excluding hydrogens is 248 g/mol. The number of nitrogens with one attached hydrogen (secondary N) is 2. The van der Waals surface area contributed by atoms with Crippen molar-refractivity contribution in [1.82, 2.24) is 10.6 Å². The Morgan fingerprint density at radius 3 is 2.44 bits per heavy atom. The SMILES string of the molecule is CCS(=O)C1CCCCC1NC(=O)NC(C)(C)C. The van der Waals surface area contributed by atoms with E-state index in [0.29, 0.717) is 5.75 Å². The smallest absolute Gasteiger partial charge is 0.315 e. The number of rotatable bonds is 3. The Balaban J connectivity index is 2.57. The molecule has 0 aromatic rings. The molecule has 4 nitrogen and oxygen atoms in total. The van der Waals surface area contributed by atoms with Crippen molar-refractivity contribution in [1.29, 1.82) is 0 Å². The van der Waals surface area contributed by atoms with Gasteiger partial charge in [-0.3, -0.25) is 4.21 Å². The van der Waals surface area contributed by atoms with Crippen LogP contribution in [0, 0.1) is 0 Å². The molecule has 5 heteroatoms. The molecule has 0 heterocycles. The number of carbonyl (C=O) groups is 1. The number of hydrogen-bond acceptors (Lipinski definition) is 2. The average Bonchev–Trinajstić information content (AvgIpc) is 2.26. The molecule has 0 bridgehead atoms. The first-order chi connectivity index (χ1) is 8.33. The van der Waals surface area contributed by atoms with Gasteiger partial charge in [0.1, 0.15) is 0 Å². The molecular formula is C13H26N2O2S. The highest BCUT2D eigenvalue weighted by molar-refractivity contribution is 7.85. The zero-order valence-electron chi connectivity index (χ0n) is 11.9. The maximum absolute atomic E-state index is 12.0. The lowest BCUT2D eigenvalue weighted by Crippen LogP contribution is -2.54. The van der Waals surface area contributed by atoms with Crippen LogP contribution in [0.2, 0.25) is 0 Å². The molecule has 1 rings (SSSR count). The summed E-state index contributed by atoms with van der Waals surface area (Å²) in [5, 5.41) is 6.01. The minimum absolute atomic E-state index is 0.0573. The predicted octanol–water partition coefficient (Wildman–Crippen LogP) is 2.16. The van der Waals surface area contributed by atoms with Gasteiger partial charge in [-0.2, -0.15) is 0 Å². The second-order valence-corrected chi connectivity index (χ2v) is 7.89. The predicted molar refractivity (Wildman–Crippen MR) is 76.1 cm³/mol. The van der Waals surface area contributed by atoms with Crippen LogP contribution in [0.1, 0.15) is 53.4 Å². The molecule has 1 aliphatic rings. The van der Waals surface area contributed by atoms with E-state index in [1.54, 1.807) is 0 Å². The molecule has 1 saturated carbocycles. The number of hydrogen-bond donors (Lipinski definition) is 2. The fourth-order valence-corrected chi connectivity index (χ4v) is 3.76. The Morgan fingerprint density at radius 1 is 1.28 bits per heavy atom. The van der Waals surface area contributed by atoms with Crippen LogP contribution in [0.25, 0.3) is 0 Å². The molecule has 106 valence electrons. The van der Waals surface area contributed by atoms with Crippen molar-refractivity contribution >= 4 is 16.8 Å². The third-order valence-corrected chi connectivity index (χ3v) is 4.94. The summed E-state index contributed by atoms with van der Waals surface area (Å²) in [7, 11) is -0.826. The lowest BCUT2D eigenvalue weighted by atomic mass is 9.95. The van der Waals surface area contributed by atoms with E-state index in [-0.39, 0.29) is 22.9 Å². The molecule has 0 aromatic heterocycles. The summed E-state index contributed by atoms with van der Waals surface area (Å²) in [6.45, 7) is 7.80. The zero-order chi connectivity index (χ0) is 13.8. The highest BCUT2D eigenvalue weighted by atomic mass is 32.2. The van der Waals surface area contributed by atoms with Gasteiger partial charge in [0.15, 0.2) is 0 Å². The lowest BCUT2D eigenvalue weighted by molar-refractivity contribution is 0.224. The fourth-order valence-electron chi connectivity index (χ4n) is 2.34. The maximum atomic E-state index is 12.0. The molecule has 1 aliphatic carbocycles. The van der Waals surface area contributed by atoms with Crippen LogP contribution in [0.3, 0.4) is 0 Å². The summed E-state index contributed by atoms with van der Waals surface area (Å²) >= 11 is 0. The van der Waals surface area contributed by atoms with Crippen molar-refractivity contribution < 1.29 is 9.00 Å².